The van der Waals surface area contributed by atoms with Crippen LogP contribution < -0.4 is 0 Å². The van der Waals surface area contributed by atoms with Gasteiger partial charge in [-0.1, -0.05) is 53.4 Å². The molecule has 0 unspecified atom stereocenters. The van der Waals surface area contributed by atoms with Crippen LogP contribution in [0.1, 0.15) is 79.1 Å². The Kier molecular flexibility index (Phi) is 9.27. The second kappa shape index (κ2) is 9.34. The lowest BCUT2D eigenvalue weighted by molar-refractivity contribution is 0.239. The van der Waals surface area contributed by atoms with Gasteiger partial charge >= 0.3 is 0 Å². The van der Waals surface area contributed by atoms with Gasteiger partial charge in [0.1, 0.15) is 0 Å². The normalized spacial score (nSPS) is 13.9. The first-order valence-corrected chi connectivity index (χ1v) is 11.4. The molecule has 0 saturated heterocycles. The van der Waals surface area contributed by atoms with Gasteiger partial charge in [-0.25, -0.2) is 0 Å². The van der Waals surface area contributed by atoms with Crippen LogP contribution in [0.3, 0.4) is 0 Å². The monoisotopic (exact) mass is 372 g/mol. The highest BCUT2D eigenvalue weighted by Gasteiger charge is 2.63. The first-order valence-electron chi connectivity index (χ1n) is 8.48. The summed E-state index contributed by atoms with van der Waals surface area (Å²) >= 11 is 0. The van der Waals surface area contributed by atoms with E-state index in [0.29, 0.717) is 51.4 Å². The lowest BCUT2D eigenvalue weighted by Gasteiger charge is -2.41. The van der Waals surface area contributed by atoms with Gasteiger partial charge in [-0.05, 0) is 37.5 Å². The molecule has 6 nitrogen and oxygen atoms in total. The summed E-state index contributed by atoms with van der Waals surface area (Å²) in [6.45, 7) is 7.32. The van der Waals surface area contributed by atoms with Crippen molar-refractivity contribution in [3.8, 4) is 0 Å². The summed E-state index contributed by atoms with van der Waals surface area (Å²) in [7, 11) is -10.0. The summed E-state index contributed by atoms with van der Waals surface area (Å²) in [5, 5.41) is 0. The van der Waals surface area contributed by atoms with Crippen LogP contribution in [-0.4, -0.2) is 30.0 Å². The Balaban J connectivity index is 6.61. The molecule has 0 fully saturated rings. The Morgan fingerprint density at radius 2 is 0.870 bits per heavy atom. The minimum atomic E-state index is -5.01. The molecule has 0 aliphatic rings. The van der Waals surface area contributed by atoms with Crippen LogP contribution >= 0.6 is 0 Å². The van der Waals surface area contributed by atoms with Crippen molar-refractivity contribution in [3.63, 3.8) is 0 Å². The van der Waals surface area contributed by atoms with Crippen molar-refractivity contribution < 1.29 is 25.9 Å². The van der Waals surface area contributed by atoms with Crippen molar-refractivity contribution in [2.45, 2.75) is 83.1 Å². The SMILES string of the molecule is CCCC(CCC)C(C(CCC)CCC)(S(=O)(=O)O)S(=O)(=O)O. The Bertz CT molecular complexity index is 476. The van der Waals surface area contributed by atoms with Crippen LogP contribution in [0.4, 0.5) is 0 Å². The molecule has 0 amide bonds. The van der Waals surface area contributed by atoms with E-state index in [2.05, 4.69) is 0 Å². The number of rotatable bonds is 12. The van der Waals surface area contributed by atoms with Crippen molar-refractivity contribution in [1.82, 2.24) is 0 Å². The molecule has 0 aromatic rings. The van der Waals surface area contributed by atoms with E-state index < -0.39 is 36.2 Å². The van der Waals surface area contributed by atoms with E-state index in [1.807, 2.05) is 27.7 Å². The molecule has 8 heteroatoms. The fourth-order valence-electron chi connectivity index (χ4n) is 3.80. The lowest BCUT2D eigenvalue weighted by atomic mass is 9.82. The molecule has 0 heterocycles. The van der Waals surface area contributed by atoms with Gasteiger partial charge in [0.05, 0.1) is 0 Å². The van der Waals surface area contributed by atoms with Gasteiger partial charge in [0.15, 0.2) is 0 Å². The Hall–Kier alpha value is -0.180. The first kappa shape index (κ1) is 22.8. The average molecular weight is 373 g/mol. The van der Waals surface area contributed by atoms with E-state index >= 15 is 0 Å². The van der Waals surface area contributed by atoms with Crippen LogP contribution in [0.2, 0.25) is 0 Å². The quantitative estimate of drug-likeness (QED) is 0.503. The molecule has 0 aliphatic carbocycles. The van der Waals surface area contributed by atoms with Gasteiger partial charge in [-0.15, -0.1) is 0 Å². The Morgan fingerprint density at radius 1 is 0.652 bits per heavy atom. The fraction of sp³-hybridized carbons (Fsp3) is 1.00. The Morgan fingerprint density at radius 3 is 1.00 bits per heavy atom. The van der Waals surface area contributed by atoms with Crippen LogP contribution in [0.5, 0.6) is 0 Å². The lowest BCUT2D eigenvalue weighted by Crippen LogP contribution is -2.57. The summed E-state index contributed by atoms with van der Waals surface area (Å²) in [6, 6.07) is 0. The second-order valence-corrected chi connectivity index (χ2v) is 9.73. The maximum atomic E-state index is 12.3. The molecule has 0 aromatic heterocycles. The van der Waals surface area contributed by atoms with Crippen molar-refractivity contribution >= 4 is 20.2 Å². The minimum Gasteiger partial charge on any atom is -0.284 e. The third-order valence-corrected chi connectivity index (χ3v) is 8.70. The van der Waals surface area contributed by atoms with Crippen molar-refractivity contribution in [2.75, 3.05) is 0 Å². The zero-order chi connectivity index (χ0) is 18.3. The molecule has 2 N–H and O–H groups in total. The van der Waals surface area contributed by atoms with Gasteiger partial charge in [-0.2, -0.15) is 16.8 Å². The molecule has 0 spiro atoms. The van der Waals surface area contributed by atoms with E-state index in [0.717, 1.165) is 0 Å². The first-order chi connectivity index (χ1) is 10.5. The van der Waals surface area contributed by atoms with Gasteiger partial charge in [0, 0.05) is 0 Å². The van der Waals surface area contributed by atoms with E-state index in [1.165, 1.54) is 0 Å². The standard InChI is InChI=1S/C15H32O6S2/c1-5-9-13(10-6-2)15(22(16,17)18,23(19,20)21)14(11-7-3)12-8-4/h13-14H,5-12H2,1-4H3,(H,16,17,18)(H,19,20,21). The molecule has 23 heavy (non-hydrogen) atoms. The maximum Gasteiger partial charge on any atom is 0.288 e. The van der Waals surface area contributed by atoms with Crippen molar-refractivity contribution in [1.29, 1.82) is 0 Å². The summed E-state index contributed by atoms with van der Waals surface area (Å²) < 4.78 is 66.6. The summed E-state index contributed by atoms with van der Waals surface area (Å²) in [4.78, 5) is 0. The molecule has 140 valence electrons. The molecule has 0 saturated carbocycles. The van der Waals surface area contributed by atoms with E-state index in [9.17, 15) is 25.9 Å². The highest BCUT2D eigenvalue weighted by molar-refractivity contribution is 8.05. The van der Waals surface area contributed by atoms with Crippen molar-refractivity contribution in [2.24, 2.45) is 11.8 Å². The van der Waals surface area contributed by atoms with E-state index in [4.69, 9.17) is 0 Å². The zero-order valence-electron chi connectivity index (χ0n) is 14.7. The molecule has 0 aromatic carbocycles. The maximum absolute atomic E-state index is 12.3. The highest BCUT2D eigenvalue weighted by atomic mass is 32.3. The van der Waals surface area contributed by atoms with E-state index in [-0.39, 0.29) is 0 Å². The average Bonchev–Trinajstić information content (AvgIpc) is 2.37. The molecule has 0 rings (SSSR count). The second-order valence-electron chi connectivity index (χ2n) is 6.22. The molecular formula is C15H32O6S2. The van der Waals surface area contributed by atoms with E-state index in [1.54, 1.807) is 0 Å². The topological polar surface area (TPSA) is 109 Å². The predicted molar refractivity (Wildman–Crippen MR) is 92.4 cm³/mol. The smallest absolute Gasteiger partial charge is 0.284 e. The molecule has 0 aliphatic heterocycles. The third kappa shape index (κ3) is 4.90. The van der Waals surface area contributed by atoms with Crippen LogP contribution in [0.25, 0.3) is 0 Å². The van der Waals surface area contributed by atoms with Crippen LogP contribution in [0, 0.1) is 11.8 Å². The van der Waals surface area contributed by atoms with Gasteiger partial charge < -0.3 is 0 Å². The summed E-state index contributed by atoms with van der Waals surface area (Å²) in [6.07, 6.45) is 3.55. The summed E-state index contributed by atoms with van der Waals surface area (Å²) in [5.41, 5.74) is 0. The predicted octanol–water partition coefficient (Wildman–Crippen LogP) is 3.89. The largest absolute Gasteiger partial charge is 0.288 e. The minimum absolute atomic E-state index is 0.317. The van der Waals surface area contributed by atoms with Gasteiger partial charge in [0.25, 0.3) is 20.2 Å². The third-order valence-electron chi connectivity index (χ3n) is 4.49. The summed E-state index contributed by atoms with van der Waals surface area (Å²) in [5.74, 6) is -1.66. The zero-order valence-corrected chi connectivity index (χ0v) is 16.3. The molecule has 0 atom stereocenters. The van der Waals surface area contributed by atoms with Crippen LogP contribution in [0.15, 0.2) is 0 Å². The van der Waals surface area contributed by atoms with Crippen molar-refractivity contribution in [3.05, 3.63) is 0 Å². The Labute approximate surface area is 141 Å². The highest BCUT2D eigenvalue weighted by Crippen LogP contribution is 2.47. The van der Waals surface area contributed by atoms with Gasteiger partial charge in [0.2, 0.25) is 4.08 Å². The van der Waals surface area contributed by atoms with Gasteiger partial charge in [-0.3, -0.25) is 9.11 Å². The number of hydrogen-bond acceptors (Lipinski definition) is 4. The van der Waals surface area contributed by atoms with Crippen LogP contribution in [-0.2, 0) is 20.2 Å². The molecule has 0 radical (unpaired) electrons. The molecule has 0 bridgehead atoms. The molecular weight excluding hydrogens is 340 g/mol. The number of hydrogen-bond donors (Lipinski definition) is 2. The fourth-order valence-corrected chi connectivity index (χ4v) is 7.49.